The van der Waals surface area contributed by atoms with Gasteiger partial charge in [-0.25, -0.2) is 12.8 Å². The van der Waals surface area contributed by atoms with Gasteiger partial charge in [0.25, 0.3) is 0 Å². The molecule has 19 heavy (non-hydrogen) atoms. The molecule has 3 rings (SSSR count). The smallest absolute Gasteiger partial charge is 0.322 e. The van der Waals surface area contributed by atoms with E-state index < -0.39 is 27.9 Å². The summed E-state index contributed by atoms with van der Waals surface area (Å²) in [5.41, 5.74) is 0. The number of fused-ring (bicyclic) bond motifs is 1. The van der Waals surface area contributed by atoms with Gasteiger partial charge in [0.05, 0.1) is 4.90 Å². The summed E-state index contributed by atoms with van der Waals surface area (Å²) in [5, 5.41) is 9.11. The van der Waals surface area contributed by atoms with Crippen LogP contribution in [0.5, 0.6) is 0 Å². The molecule has 1 aliphatic carbocycles. The molecule has 1 saturated carbocycles. The molecule has 1 N–H and O–H groups in total. The number of piperidine rings is 1. The molecule has 1 aromatic carbocycles. The molecule has 7 heteroatoms. The normalized spacial score (nSPS) is 30.1. The number of hydrogen-bond donors (Lipinski definition) is 1. The van der Waals surface area contributed by atoms with Crippen LogP contribution in [0.2, 0.25) is 0 Å². The zero-order valence-electron chi connectivity index (χ0n) is 9.86. The third-order valence-corrected chi connectivity index (χ3v) is 5.67. The fraction of sp³-hybridized carbons (Fsp3) is 0.417. The molecule has 0 bridgehead atoms. The summed E-state index contributed by atoms with van der Waals surface area (Å²) in [4.78, 5) is 11.1. The van der Waals surface area contributed by atoms with Gasteiger partial charge in [-0.1, -0.05) is 0 Å². The Kier molecular flexibility index (Phi) is 2.65. The van der Waals surface area contributed by atoms with E-state index in [0.717, 1.165) is 16.4 Å². The molecule has 102 valence electrons. The maximum atomic E-state index is 12.8. The highest BCUT2D eigenvalue weighted by Crippen LogP contribution is 2.50. The molecular weight excluding hydrogens is 273 g/mol. The van der Waals surface area contributed by atoms with E-state index in [9.17, 15) is 17.6 Å². The molecule has 2 aliphatic rings. The monoisotopic (exact) mass is 285 g/mol. The first-order valence-electron chi connectivity index (χ1n) is 5.93. The lowest BCUT2D eigenvalue weighted by Gasteiger charge is -2.23. The average Bonchev–Trinajstić information content (AvgIpc) is 2.99. The van der Waals surface area contributed by atoms with Crippen LogP contribution < -0.4 is 0 Å². The van der Waals surface area contributed by atoms with E-state index in [4.69, 9.17) is 5.11 Å². The topological polar surface area (TPSA) is 74.7 Å². The molecule has 2 fully saturated rings. The Labute approximate surface area is 109 Å². The average molecular weight is 285 g/mol. The molecule has 5 nitrogen and oxygen atoms in total. The quantitative estimate of drug-likeness (QED) is 0.901. The van der Waals surface area contributed by atoms with Gasteiger partial charge in [-0.15, -0.1) is 0 Å². The van der Waals surface area contributed by atoms with Gasteiger partial charge in [0.15, 0.2) is 0 Å². The van der Waals surface area contributed by atoms with Crippen LogP contribution in [0.4, 0.5) is 4.39 Å². The SMILES string of the molecule is O=C(O)[C@@H]1C[C@H]2C[C@H]2N1S(=O)(=O)c1ccc(F)cc1. The predicted octanol–water partition coefficient (Wildman–Crippen LogP) is 1.06. The number of benzene rings is 1. The Morgan fingerprint density at radius 1 is 1.26 bits per heavy atom. The van der Waals surface area contributed by atoms with Crippen molar-refractivity contribution in [2.45, 2.75) is 29.8 Å². The number of carboxylic acid groups (broad SMARTS) is 1. The highest BCUT2D eigenvalue weighted by atomic mass is 32.2. The van der Waals surface area contributed by atoms with E-state index in [-0.39, 0.29) is 16.9 Å². The van der Waals surface area contributed by atoms with Gasteiger partial charge in [0.1, 0.15) is 11.9 Å². The Morgan fingerprint density at radius 2 is 1.89 bits per heavy atom. The molecule has 1 heterocycles. The van der Waals surface area contributed by atoms with Gasteiger partial charge in [0.2, 0.25) is 10.0 Å². The maximum absolute atomic E-state index is 12.8. The van der Waals surface area contributed by atoms with E-state index in [2.05, 4.69) is 0 Å². The van der Waals surface area contributed by atoms with Crippen molar-refractivity contribution >= 4 is 16.0 Å². The largest absolute Gasteiger partial charge is 0.480 e. The summed E-state index contributed by atoms with van der Waals surface area (Å²) in [5.74, 6) is -1.51. The second-order valence-electron chi connectivity index (χ2n) is 4.94. The zero-order valence-corrected chi connectivity index (χ0v) is 10.7. The van der Waals surface area contributed by atoms with Crippen molar-refractivity contribution in [2.75, 3.05) is 0 Å². The lowest BCUT2D eigenvalue weighted by atomic mass is 10.2. The lowest BCUT2D eigenvalue weighted by molar-refractivity contribution is -0.141. The van der Waals surface area contributed by atoms with Crippen molar-refractivity contribution in [2.24, 2.45) is 5.92 Å². The number of hydrogen-bond acceptors (Lipinski definition) is 3. The highest BCUT2D eigenvalue weighted by Gasteiger charge is 2.59. The van der Waals surface area contributed by atoms with Crippen LogP contribution in [0.3, 0.4) is 0 Å². The third-order valence-electron chi connectivity index (χ3n) is 3.72. The lowest BCUT2D eigenvalue weighted by Crippen LogP contribution is -2.42. The second-order valence-corrected chi connectivity index (χ2v) is 6.78. The molecule has 0 radical (unpaired) electrons. The van der Waals surface area contributed by atoms with Gasteiger partial charge in [-0.2, -0.15) is 4.31 Å². The molecule has 1 aromatic rings. The number of aliphatic carboxylic acids is 1. The zero-order chi connectivity index (χ0) is 13.8. The summed E-state index contributed by atoms with van der Waals surface area (Å²) in [6, 6.07) is 3.24. The van der Waals surface area contributed by atoms with Crippen molar-refractivity contribution < 1.29 is 22.7 Å². The predicted molar refractivity (Wildman–Crippen MR) is 63.4 cm³/mol. The van der Waals surface area contributed by atoms with Crippen LogP contribution in [0.1, 0.15) is 12.8 Å². The molecule has 0 unspecified atom stereocenters. The Balaban J connectivity index is 1.99. The number of sulfonamides is 1. The fourth-order valence-electron chi connectivity index (χ4n) is 2.70. The van der Waals surface area contributed by atoms with Crippen LogP contribution >= 0.6 is 0 Å². The van der Waals surface area contributed by atoms with Crippen LogP contribution in [-0.4, -0.2) is 35.9 Å². The van der Waals surface area contributed by atoms with Crippen LogP contribution in [0, 0.1) is 11.7 Å². The number of halogens is 1. The second kappa shape index (κ2) is 4.01. The van der Waals surface area contributed by atoms with Crippen molar-refractivity contribution in [1.82, 2.24) is 4.31 Å². The summed E-state index contributed by atoms with van der Waals surface area (Å²) in [6.45, 7) is 0. The van der Waals surface area contributed by atoms with Crippen molar-refractivity contribution in [3.05, 3.63) is 30.1 Å². The minimum atomic E-state index is -3.87. The molecule has 0 spiro atoms. The summed E-state index contributed by atoms with van der Waals surface area (Å²) < 4.78 is 38.8. The first kappa shape index (κ1) is 12.6. The molecule has 1 aliphatic heterocycles. The van der Waals surface area contributed by atoms with Gasteiger partial charge in [-0.3, -0.25) is 4.79 Å². The molecule has 3 atom stereocenters. The van der Waals surface area contributed by atoms with E-state index in [1.807, 2.05) is 0 Å². The third kappa shape index (κ3) is 1.93. The van der Waals surface area contributed by atoms with E-state index in [1.165, 1.54) is 12.1 Å². The first-order chi connectivity index (χ1) is 8.91. The van der Waals surface area contributed by atoms with E-state index in [1.54, 1.807) is 0 Å². The van der Waals surface area contributed by atoms with Gasteiger partial charge >= 0.3 is 5.97 Å². The molecule has 1 saturated heterocycles. The standard InChI is InChI=1S/C12H12FNO4S/c13-8-1-3-9(4-2-8)19(17,18)14-10-5-7(10)6-11(14)12(15)16/h1-4,7,10-11H,5-6H2,(H,15,16)/t7-,10-,11+/m1/s1. The summed E-state index contributed by atoms with van der Waals surface area (Å²) in [6.07, 6.45) is 1.07. The van der Waals surface area contributed by atoms with Crippen molar-refractivity contribution in [1.29, 1.82) is 0 Å². The van der Waals surface area contributed by atoms with Gasteiger partial charge in [-0.05, 0) is 43.0 Å². The van der Waals surface area contributed by atoms with Gasteiger partial charge < -0.3 is 5.11 Å². The first-order valence-corrected chi connectivity index (χ1v) is 7.37. The summed E-state index contributed by atoms with van der Waals surface area (Å²) >= 11 is 0. The Hall–Kier alpha value is -1.47. The number of carboxylic acids is 1. The number of rotatable bonds is 3. The minimum Gasteiger partial charge on any atom is -0.480 e. The highest BCUT2D eigenvalue weighted by molar-refractivity contribution is 7.89. The fourth-order valence-corrected chi connectivity index (χ4v) is 4.55. The molecular formula is C12H12FNO4S. The maximum Gasteiger partial charge on any atom is 0.322 e. The summed E-state index contributed by atoms with van der Waals surface area (Å²) in [7, 11) is -3.87. The van der Waals surface area contributed by atoms with Crippen LogP contribution in [-0.2, 0) is 14.8 Å². The van der Waals surface area contributed by atoms with Crippen LogP contribution in [0.25, 0.3) is 0 Å². The van der Waals surface area contributed by atoms with Crippen molar-refractivity contribution in [3.8, 4) is 0 Å². The molecule has 0 aromatic heterocycles. The Bertz CT molecular complexity index is 628. The number of carbonyl (C=O) groups is 1. The van der Waals surface area contributed by atoms with Gasteiger partial charge in [0, 0.05) is 6.04 Å². The Morgan fingerprint density at radius 3 is 2.47 bits per heavy atom. The van der Waals surface area contributed by atoms with Crippen LogP contribution in [0.15, 0.2) is 29.2 Å². The molecule has 0 amide bonds. The van der Waals surface area contributed by atoms with E-state index in [0.29, 0.717) is 12.8 Å². The van der Waals surface area contributed by atoms with Crippen molar-refractivity contribution in [3.63, 3.8) is 0 Å². The van der Waals surface area contributed by atoms with E-state index >= 15 is 0 Å². The number of nitrogens with zero attached hydrogens (tertiary/aromatic N) is 1. The minimum absolute atomic E-state index is 0.0623.